The Kier molecular flexibility index (Phi) is 7.39. The summed E-state index contributed by atoms with van der Waals surface area (Å²) >= 11 is 0. The molecule has 4 nitrogen and oxygen atoms in total. The van der Waals surface area contributed by atoms with Gasteiger partial charge in [0.15, 0.2) is 5.60 Å². The lowest BCUT2D eigenvalue weighted by molar-refractivity contribution is -0.160. The van der Waals surface area contributed by atoms with Crippen molar-refractivity contribution in [3.63, 3.8) is 0 Å². The van der Waals surface area contributed by atoms with Crippen molar-refractivity contribution in [3.05, 3.63) is 0 Å². The molecule has 0 radical (unpaired) electrons. The first-order valence-electron chi connectivity index (χ1n) is 6.33. The maximum atomic E-state index is 11.2. The summed E-state index contributed by atoms with van der Waals surface area (Å²) in [5.41, 5.74) is -1.44. The van der Waals surface area contributed by atoms with Crippen LogP contribution in [0.25, 0.3) is 0 Å². The Morgan fingerprint density at radius 1 is 1.35 bits per heavy atom. The predicted octanol–water partition coefficient (Wildman–Crippen LogP) is 1.71. The Bertz CT molecular complexity index is 227. The van der Waals surface area contributed by atoms with E-state index in [4.69, 9.17) is 0 Å². The lowest BCUT2D eigenvalue weighted by Crippen LogP contribution is -2.47. The number of hydrogen-bond acceptors (Lipinski definition) is 4. The summed E-state index contributed by atoms with van der Waals surface area (Å²) in [7, 11) is 1.28. The minimum absolute atomic E-state index is 0.225. The van der Waals surface area contributed by atoms with Crippen molar-refractivity contribution in [2.24, 2.45) is 5.92 Å². The minimum Gasteiger partial charge on any atom is -0.467 e. The Hall–Kier alpha value is -0.610. The first-order chi connectivity index (χ1) is 7.79. The van der Waals surface area contributed by atoms with E-state index in [2.05, 4.69) is 30.8 Å². The van der Waals surface area contributed by atoms with Gasteiger partial charge in [-0.15, -0.1) is 0 Å². The average molecular weight is 245 g/mol. The van der Waals surface area contributed by atoms with E-state index in [9.17, 15) is 9.90 Å². The van der Waals surface area contributed by atoms with E-state index >= 15 is 0 Å². The second-order valence-electron chi connectivity index (χ2n) is 5.37. The molecule has 0 aromatic carbocycles. The summed E-state index contributed by atoms with van der Waals surface area (Å²) in [4.78, 5) is 11.2. The van der Waals surface area contributed by atoms with Crippen LogP contribution >= 0.6 is 0 Å². The molecule has 0 aromatic rings. The van der Waals surface area contributed by atoms with E-state index in [0.29, 0.717) is 6.04 Å². The summed E-state index contributed by atoms with van der Waals surface area (Å²) in [5, 5.41) is 13.0. The Labute approximate surface area is 105 Å². The molecule has 0 fully saturated rings. The van der Waals surface area contributed by atoms with Crippen molar-refractivity contribution in [1.82, 2.24) is 5.32 Å². The predicted molar refractivity (Wildman–Crippen MR) is 68.8 cm³/mol. The molecule has 0 aliphatic rings. The topological polar surface area (TPSA) is 58.6 Å². The van der Waals surface area contributed by atoms with Crippen LogP contribution in [0.1, 0.15) is 47.0 Å². The van der Waals surface area contributed by atoms with Crippen LogP contribution in [-0.2, 0) is 9.53 Å². The average Bonchev–Trinajstić information content (AvgIpc) is 2.24. The molecule has 0 saturated carbocycles. The number of methoxy groups -OCH3 is 1. The van der Waals surface area contributed by atoms with Crippen LogP contribution in [0.3, 0.4) is 0 Å². The number of aliphatic hydroxyl groups is 1. The first kappa shape index (κ1) is 16.4. The highest BCUT2D eigenvalue weighted by molar-refractivity contribution is 5.78. The van der Waals surface area contributed by atoms with Crippen molar-refractivity contribution in [2.45, 2.75) is 58.6 Å². The summed E-state index contributed by atoms with van der Waals surface area (Å²) in [6, 6.07) is 0.296. The number of hydrogen-bond donors (Lipinski definition) is 2. The maximum absolute atomic E-state index is 11.2. The van der Waals surface area contributed by atoms with Crippen LogP contribution in [0.15, 0.2) is 0 Å². The van der Waals surface area contributed by atoms with E-state index in [1.807, 2.05) is 0 Å². The normalized spacial score (nSPS) is 16.6. The molecule has 2 N–H and O–H groups in total. The molecular formula is C13H27NO3. The van der Waals surface area contributed by atoms with E-state index < -0.39 is 11.6 Å². The highest BCUT2D eigenvalue weighted by atomic mass is 16.5. The third-order valence-corrected chi connectivity index (χ3v) is 2.84. The van der Waals surface area contributed by atoms with Gasteiger partial charge < -0.3 is 15.2 Å². The van der Waals surface area contributed by atoms with Gasteiger partial charge in [0.1, 0.15) is 0 Å². The summed E-state index contributed by atoms with van der Waals surface area (Å²) in [6.07, 6.45) is 3.42. The minimum atomic E-state index is -1.44. The van der Waals surface area contributed by atoms with E-state index in [1.54, 1.807) is 0 Å². The maximum Gasteiger partial charge on any atom is 0.338 e. The van der Waals surface area contributed by atoms with Crippen molar-refractivity contribution in [1.29, 1.82) is 0 Å². The molecule has 2 unspecified atom stereocenters. The van der Waals surface area contributed by atoms with Gasteiger partial charge in [0, 0.05) is 12.6 Å². The number of esters is 1. The first-order valence-corrected chi connectivity index (χ1v) is 6.33. The monoisotopic (exact) mass is 245 g/mol. The molecule has 0 aliphatic heterocycles. The van der Waals surface area contributed by atoms with Gasteiger partial charge in [-0.25, -0.2) is 4.79 Å². The molecule has 0 rings (SSSR count). The number of carbonyl (C=O) groups is 1. The molecule has 0 aliphatic carbocycles. The van der Waals surface area contributed by atoms with Crippen LogP contribution < -0.4 is 5.32 Å². The third-order valence-electron chi connectivity index (χ3n) is 2.84. The Balaban J connectivity index is 3.83. The molecule has 0 bridgehead atoms. The molecule has 102 valence electrons. The smallest absolute Gasteiger partial charge is 0.338 e. The second-order valence-corrected chi connectivity index (χ2v) is 5.37. The molecule has 0 saturated heterocycles. The molecule has 0 aromatic heterocycles. The number of nitrogens with one attached hydrogen (secondary N) is 1. The molecule has 2 atom stereocenters. The van der Waals surface area contributed by atoms with Gasteiger partial charge in [0.2, 0.25) is 0 Å². The standard InChI is InChI=1S/C13H27NO3/c1-10(2)7-6-8-11(3)14-9-13(4,16)12(15)17-5/h10-11,14,16H,6-9H2,1-5H3. The highest BCUT2D eigenvalue weighted by Crippen LogP contribution is 2.09. The van der Waals surface area contributed by atoms with Crippen LogP contribution in [0, 0.1) is 5.92 Å². The van der Waals surface area contributed by atoms with Crippen molar-refractivity contribution in [3.8, 4) is 0 Å². The number of ether oxygens (including phenoxy) is 1. The van der Waals surface area contributed by atoms with E-state index in [-0.39, 0.29) is 6.54 Å². The molecule has 4 heteroatoms. The zero-order chi connectivity index (χ0) is 13.5. The SMILES string of the molecule is COC(=O)C(C)(O)CNC(C)CCCC(C)C. The van der Waals surface area contributed by atoms with Gasteiger partial charge in [-0.05, 0) is 26.2 Å². The van der Waals surface area contributed by atoms with Gasteiger partial charge in [-0.3, -0.25) is 0 Å². The van der Waals surface area contributed by atoms with Gasteiger partial charge in [-0.1, -0.05) is 26.7 Å². The molecule has 0 spiro atoms. The van der Waals surface area contributed by atoms with Crippen LogP contribution in [0.5, 0.6) is 0 Å². The number of rotatable bonds is 8. The quantitative estimate of drug-likeness (QED) is 0.639. The van der Waals surface area contributed by atoms with Gasteiger partial charge in [0.05, 0.1) is 7.11 Å². The van der Waals surface area contributed by atoms with Crippen LogP contribution in [-0.4, -0.2) is 36.4 Å². The van der Waals surface area contributed by atoms with Crippen molar-refractivity contribution in [2.75, 3.05) is 13.7 Å². The van der Waals surface area contributed by atoms with Gasteiger partial charge in [-0.2, -0.15) is 0 Å². The van der Waals surface area contributed by atoms with E-state index in [1.165, 1.54) is 20.5 Å². The number of carbonyl (C=O) groups excluding carboxylic acids is 1. The van der Waals surface area contributed by atoms with Crippen LogP contribution in [0.4, 0.5) is 0 Å². The Morgan fingerprint density at radius 3 is 2.41 bits per heavy atom. The molecular weight excluding hydrogens is 218 g/mol. The summed E-state index contributed by atoms with van der Waals surface area (Å²) in [5.74, 6) is 0.125. The Morgan fingerprint density at radius 2 is 1.94 bits per heavy atom. The fourth-order valence-electron chi connectivity index (χ4n) is 1.60. The van der Waals surface area contributed by atoms with Gasteiger partial charge >= 0.3 is 5.97 Å². The fraction of sp³-hybridized carbons (Fsp3) is 0.923. The fourth-order valence-corrected chi connectivity index (χ4v) is 1.60. The van der Waals surface area contributed by atoms with Crippen molar-refractivity contribution >= 4 is 5.97 Å². The zero-order valence-corrected chi connectivity index (χ0v) is 11.7. The molecule has 17 heavy (non-hydrogen) atoms. The van der Waals surface area contributed by atoms with Gasteiger partial charge in [0.25, 0.3) is 0 Å². The summed E-state index contributed by atoms with van der Waals surface area (Å²) < 4.78 is 4.53. The van der Waals surface area contributed by atoms with E-state index in [0.717, 1.165) is 18.8 Å². The zero-order valence-electron chi connectivity index (χ0n) is 11.7. The van der Waals surface area contributed by atoms with Crippen molar-refractivity contribution < 1.29 is 14.6 Å². The largest absolute Gasteiger partial charge is 0.467 e. The summed E-state index contributed by atoms with van der Waals surface area (Å²) in [6.45, 7) is 8.17. The second kappa shape index (κ2) is 7.67. The lowest BCUT2D eigenvalue weighted by Gasteiger charge is -2.23. The van der Waals surface area contributed by atoms with Crippen LogP contribution in [0.2, 0.25) is 0 Å². The third kappa shape index (κ3) is 7.34. The highest BCUT2D eigenvalue weighted by Gasteiger charge is 2.31. The molecule has 0 amide bonds. The lowest BCUT2D eigenvalue weighted by atomic mass is 10.0. The molecule has 0 heterocycles.